The Morgan fingerprint density at radius 3 is 2.62 bits per heavy atom. The topological polar surface area (TPSA) is 83.0 Å². The number of anilines is 1. The first-order valence-electron chi connectivity index (χ1n) is 6.47. The van der Waals surface area contributed by atoms with E-state index in [9.17, 15) is 18.0 Å². The van der Waals surface area contributed by atoms with Crippen molar-refractivity contribution in [1.82, 2.24) is 14.5 Å². The molecule has 0 saturated carbocycles. The van der Waals surface area contributed by atoms with E-state index >= 15 is 0 Å². The molecule has 0 radical (unpaired) electrons. The third kappa shape index (κ3) is 3.67. The molecule has 24 heavy (non-hydrogen) atoms. The molecule has 2 aromatic heterocycles. The maximum Gasteiger partial charge on any atom is 0.409 e. The molecule has 2 heterocycles. The van der Waals surface area contributed by atoms with Crippen molar-refractivity contribution in [2.24, 2.45) is 7.05 Å². The molecular weight excluding hydrogens is 349 g/mol. The molecule has 0 fully saturated rings. The van der Waals surface area contributed by atoms with E-state index in [0.717, 1.165) is 6.08 Å². The molecular formula is C14H12ClF3N4O2. The van der Waals surface area contributed by atoms with Gasteiger partial charge in [0.05, 0.1) is 12.1 Å². The second-order valence-electron chi connectivity index (χ2n) is 4.66. The molecule has 10 heteroatoms. The number of rotatable bonds is 3. The molecule has 0 aliphatic heterocycles. The molecule has 0 spiro atoms. The number of imidazole rings is 1. The van der Waals surface area contributed by atoms with Crippen LogP contribution >= 0.6 is 11.6 Å². The van der Waals surface area contributed by atoms with Crippen LogP contribution in [0, 0.1) is 0 Å². The van der Waals surface area contributed by atoms with Gasteiger partial charge in [0.15, 0.2) is 5.82 Å². The monoisotopic (exact) mass is 360 g/mol. The van der Waals surface area contributed by atoms with Gasteiger partial charge in [-0.2, -0.15) is 13.2 Å². The summed E-state index contributed by atoms with van der Waals surface area (Å²) >= 11 is 6.06. The van der Waals surface area contributed by atoms with E-state index < -0.39 is 12.1 Å². The number of nitrogens with zero attached hydrogens (tertiary/aromatic N) is 3. The lowest BCUT2D eigenvalue weighted by Crippen LogP contribution is -2.06. The first kappa shape index (κ1) is 17.8. The van der Waals surface area contributed by atoms with Crippen molar-refractivity contribution >= 4 is 29.5 Å². The summed E-state index contributed by atoms with van der Waals surface area (Å²) in [7, 11) is 2.68. The summed E-state index contributed by atoms with van der Waals surface area (Å²) in [5.41, 5.74) is 5.75. The van der Waals surface area contributed by atoms with Gasteiger partial charge in [-0.1, -0.05) is 11.6 Å². The third-order valence-corrected chi connectivity index (χ3v) is 3.36. The van der Waals surface area contributed by atoms with Gasteiger partial charge in [0.2, 0.25) is 0 Å². The molecule has 0 saturated heterocycles. The lowest BCUT2D eigenvalue weighted by molar-refractivity contribution is -0.0790. The SMILES string of the molecule is COC(=O)c1ccc(Cl)c(-c2nc(/C=C/C(F)(F)F)c(N)n2C)n1. The number of ether oxygens (including phenoxy) is 1. The van der Waals surface area contributed by atoms with Crippen molar-refractivity contribution in [1.29, 1.82) is 0 Å². The number of aromatic nitrogens is 3. The molecule has 0 bridgehead atoms. The Labute approximate surface area is 139 Å². The summed E-state index contributed by atoms with van der Waals surface area (Å²) in [6, 6.07) is 2.76. The number of carbonyl (C=O) groups excluding carboxylic acids is 1. The third-order valence-electron chi connectivity index (χ3n) is 3.05. The summed E-state index contributed by atoms with van der Waals surface area (Å²) in [6.45, 7) is 0. The minimum atomic E-state index is -4.50. The molecule has 0 amide bonds. The van der Waals surface area contributed by atoms with E-state index in [4.69, 9.17) is 17.3 Å². The van der Waals surface area contributed by atoms with Gasteiger partial charge in [0.1, 0.15) is 22.9 Å². The van der Waals surface area contributed by atoms with Gasteiger partial charge in [-0.3, -0.25) is 0 Å². The van der Waals surface area contributed by atoms with Crippen LogP contribution in [0.2, 0.25) is 5.02 Å². The highest BCUT2D eigenvalue weighted by molar-refractivity contribution is 6.33. The van der Waals surface area contributed by atoms with Crippen molar-refractivity contribution in [2.45, 2.75) is 6.18 Å². The van der Waals surface area contributed by atoms with Gasteiger partial charge < -0.3 is 15.0 Å². The fourth-order valence-electron chi connectivity index (χ4n) is 1.86. The lowest BCUT2D eigenvalue weighted by atomic mass is 10.3. The summed E-state index contributed by atoms with van der Waals surface area (Å²) in [6.07, 6.45) is -3.73. The minimum Gasteiger partial charge on any atom is -0.464 e. The summed E-state index contributed by atoms with van der Waals surface area (Å²) in [5, 5.41) is 0.155. The fourth-order valence-corrected chi connectivity index (χ4v) is 2.05. The number of carbonyl (C=O) groups is 1. The molecule has 128 valence electrons. The molecule has 2 N–H and O–H groups in total. The largest absolute Gasteiger partial charge is 0.464 e. The molecule has 0 atom stereocenters. The van der Waals surface area contributed by atoms with Crippen LogP contribution in [0.4, 0.5) is 19.0 Å². The van der Waals surface area contributed by atoms with Crippen molar-refractivity contribution in [2.75, 3.05) is 12.8 Å². The Balaban J connectivity index is 2.54. The Morgan fingerprint density at radius 1 is 1.38 bits per heavy atom. The summed E-state index contributed by atoms with van der Waals surface area (Å²) in [5.74, 6) is -0.579. The Hall–Kier alpha value is -2.55. The van der Waals surface area contributed by atoms with E-state index in [2.05, 4.69) is 14.7 Å². The van der Waals surface area contributed by atoms with E-state index in [-0.39, 0.29) is 39.8 Å². The summed E-state index contributed by atoms with van der Waals surface area (Å²) in [4.78, 5) is 19.6. The van der Waals surface area contributed by atoms with Crippen molar-refractivity contribution in [3.63, 3.8) is 0 Å². The number of nitrogens with two attached hydrogens (primary N) is 1. The van der Waals surface area contributed by atoms with Gasteiger partial charge in [-0.25, -0.2) is 14.8 Å². The minimum absolute atomic E-state index is 0.00756. The maximum absolute atomic E-state index is 12.3. The maximum atomic E-state index is 12.3. The zero-order chi connectivity index (χ0) is 18.1. The van der Waals surface area contributed by atoms with Crippen molar-refractivity contribution < 1.29 is 22.7 Å². The van der Waals surface area contributed by atoms with Crippen molar-refractivity contribution in [3.8, 4) is 11.5 Å². The number of esters is 1. The first-order valence-corrected chi connectivity index (χ1v) is 6.85. The van der Waals surface area contributed by atoms with E-state index in [1.165, 1.54) is 30.9 Å². The van der Waals surface area contributed by atoms with E-state index in [0.29, 0.717) is 0 Å². The average molecular weight is 361 g/mol. The van der Waals surface area contributed by atoms with E-state index in [1.807, 2.05) is 0 Å². The number of pyridine rings is 1. The number of nitrogen functional groups attached to an aromatic ring is 1. The second kappa shape index (κ2) is 6.52. The molecule has 0 unspecified atom stereocenters. The predicted molar refractivity (Wildman–Crippen MR) is 82.3 cm³/mol. The molecule has 0 aliphatic carbocycles. The van der Waals surface area contributed by atoms with Crippen LogP contribution in [0.3, 0.4) is 0 Å². The van der Waals surface area contributed by atoms with Gasteiger partial charge in [-0.05, 0) is 18.2 Å². The molecule has 2 aromatic rings. The number of allylic oxidation sites excluding steroid dienone is 1. The Morgan fingerprint density at radius 2 is 2.04 bits per heavy atom. The number of methoxy groups -OCH3 is 1. The number of hydrogen-bond acceptors (Lipinski definition) is 5. The van der Waals surface area contributed by atoms with Crippen LogP contribution in [0.5, 0.6) is 0 Å². The average Bonchev–Trinajstić information content (AvgIpc) is 2.80. The number of halogens is 4. The highest BCUT2D eigenvalue weighted by Crippen LogP contribution is 2.29. The normalized spacial score (nSPS) is 11.9. The van der Waals surface area contributed by atoms with Gasteiger partial charge in [-0.15, -0.1) is 0 Å². The number of alkyl halides is 3. The van der Waals surface area contributed by atoms with Gasteiger partial charge >= 0.3 is 12.1 Å². The van der Waals surface area contributed by atoms with Crippen LogP contribution in [-0.2, 0) is 11.8 Å². The van der Waals surface area contributed by atoms with Gasteiger partial charge in [0.25, 0.3) is 0 Å². The Bertz CT molecular complexity index is 815. The highest BCUT2D eigenvalue weighted by atomic mass is 35.5. The molecule has 6 nitrogen and oxygen atoms in total. The smallest absolute Gasteiger partial charge is 0.409 e. The zero-order valence-corrected chi connectivity index (χ0v) is 13.3. The first-order chi connectivity index (χ1) is 11.1. The summed E-state index contributed by atoms with van der Waals surface area (Å²) < 4.78 is 42.8. The Kier molecular flexibility index (Phi) is 4.83. The fraction of sp³-hybridized carbons (Fsp3) is 0.214. The lowest BCUT2D eigenvalue weighted by Gasteiger charge is -2.06. The van der Waals surface area contributed by atoms with Crippen LogP contribution in [0.1, 0.15) is 16.2 Å². The highest BCUT2D eigenvalue weighted by Gasteiger charge is 2.23. The quantitative estimate of drug-likeness (QED) is 0.850. The second-order valence-corrected chi connectivity index (χ2v) is 5.07. The standard InChI is InChI=1S/C14H12ClF3N4O2/c1-22-11(19)8(5-6-14(16,17)18)21-12(22)10-7(15)3-4-9(20-10)13(23)24-2/h3-6H,19H2,1-2H3/b6-5+. The van der Waals surface area contributed by atoms with E-state index in [1.54, 1.807) is 0 Å². The number of hydrogen-bond donors (Lipinski definition) is 1. The molecule has 2 rings (SSSR count). The molecule has 0 aromatic carbocycles. The van der Waals surface area contributed by atoms with Crippen LogP contribution in [0.15, 0.2) is 18.2 Å². The van der Waals surface area contributed by atoms with Crippen LogP contribution in [-0.4, -0.2) is 33.8 Å². The van der Waals surface area contributed by atoms with Gasteiger partial charge in [0, 0.05) is 13.1 Å². The van der Waals surface area contributed by atoms with Crippen LogP contribution in [0.25, 0.3) is 17.6 Å². The molecule has 0 aliphatic rings. The van der Waals surface area contributed by atoms with Crippen molar-refractivity contribution in [3.05, 3.63) is 34.6 Å². The zero-order valence-electron chi connectivity index (χ0n) is 12.6. The predicted octanol–water partition coefficient (Wildman–Crippen LogP) is 3.08. The van der Waals surface area contributed by atoms with Crippen LogP contribution < -0.4 is 5.73 Å².